The van der Waals surface area contributed by atoms with Gasteiger partial charge in [-0.2, -0.15) is 0 Å². The van der Waals surface area contributed by atoms with Crippen molar-refractivity contribution < 1.29 is 4.74 Å². The van der Waals surface area contributed by atoms with Gasteiger partial charge in [0.05, 0.1) is 18.5 Å². The molecular formula is C27H33NO. The van der Waals surface area contributed by atoms with E-state index in [0.717, 1.165) is 42.9 Å². The van der Waals surface area contributed by atoms with Crippen molar-refractivity contribution in [2.24, 2.45) is 0 Å². The van der Waals surface area contributed by atoms with E-state index in [0.29, 0.717) is 0 Å². The lowest BCUT2D eigenvalue weighted by Gasteiger charge is -2.08. The summed E-state index contributed by atoms with van der Waals surface area (Å²) >= 11 is 0. The number of ether oxygens (including phenoxy) is 1. The minimum atomic E-state index is 0.769. The molecule has 0 aliphatic heterocycles. The van der Waals surface area contributed by atoms with Crippen LogP contribution >= 0.6 is 0 Å². The summed E-state index contributed by atoms with van der Waals surface area (Å²) in [6.45, 7) is 5.20. The highest BCUT2D eigenvalue weighted by Gasteiger charge is 2.02. The minimum Gasteiger partial charge on any atom is -0.492 e. The number of hydrogen-bond donors (Lipinski definition) is 0. The molecule has 0 atom stereocenters. The lowest BCUT2D eigenvalue weighted by molar-refractivity contribution is 0.305. The van der Waals surface area contributed by atoms with Crippen LogP contribution in [0.5, 0.6) is 5.75 Å². The summed E-state index contributed by atoms with van der Waals surface area (Å²) in [5.74, 6) is 0.853. The van der Waals surface area contributed by atoms with Crippen LogP contribution in [0.1, 0.15) is 56.2 Å². The normalized spacial score (nSPS) is 10.8. The molecule has 0 spiro atoms. The van der Waals surface area contributed by atoms with Crippen LogP contribution in [0.15, 0.2) is 66.9 Å². The van der Waals surface area contributed by atoms with Gasteiger partial charge in [0.2, 0.25) is 0 Å². The van der Waals surface area contributed by atoms with E-state index in [1.54, 1.807) is 0 Å². The van der Waals surface area contributed by atoms with Gasteiger partial charge in [-0.1, -0.05) is 81.6 Å². The third kappa shape index (κ3) is 6.74. The van der Waals surface area contributed by atoms with E-state index >= 15 is 0 Å². The van der Waals surface area contributed by atoms with Crippen LogP contribution in [-0.4, -0.2) is 11.6 Å². The average molecular weight is 388 g/mol. The summed E-state index contributed by atoms with van der Waals surface area (Å²) in [6.07, 6.45) is 9.86. The predicted octanol–water partition coefficient (Wildman–Crippen LogP) is 7.06. The number of hydrogen-bond acceptors (Lipinski definition) is 2. The number of pyridine rings is 1. The molecule has 152 valence electrons. The molecule has 3 aromatic rings. The predicted molar refractivity (Wildman–Crippen MR) is 123 cm³/mol. The fourth-order valence-electron chi connectivity index (χ4n) is 3.47. The van der Waals surface area contributed by atoms with Gasteiger partial charge in [0.1, 0.15) is 5.75 Å². The molecule has 0 aliphatic carbocycles. The summed E-state index contributed by atoms with van der Waals surface area (Å²) in [7, 11) is 0. The number of rotatable bonds is 11. The third-order valence-corrected chi connectivity index (χ3v) is 5.27. The zero-order chi connectivity index (χ0) is 20.3. The summed E-state index contributed by atoms with van der Waals surface area (Å²) in [5.41, 5.74) is 6.34. The van der Waals surface area contributed by atoms with E-state index in [2.05, 4.69) is 67.4 Å². The molecule has 0 amide bonds. The first-order valence-corrected chi connectivity index (χ1v) is 11.0. The molecule has 0 radical (unpaired) electrons. The van der Waals surface area contributed by atoms with Gasteiger partial charge in [-0.05, 0) is 54.5 Å². The molecule has 0 saturated carbocycles. The Labute approximate surface area is 176 Å². The molecular weight excluding hydrogens is 354 g/mol. The van der Waals surface area contributed by atoms with E-state index in [9.17, 15) is 0 Å². The number of unbranched alkanes of at least 4 members (excludes halogenated alkanes) is 2. The number of nitrogens with zero attached hydrogens (tertiary/aromatic N) is 1. The summed E-state index contributed by atoms with van der Waals surface area (Å²) in [6, 6.07) is 21.9. The van der Waals surface area contributed by atoms with E-state index in [4.69, 9.17) is 4.74 Å². The van der Waals surface area contributed by atoms with E-state index in [1.165, 1.54) is 42.4 Å². The molecule has 1 heterocycles. The highest BCUT2D eigenvalue weighted by atomic mass is 16.5. The Morgan fingerprint density at radius 3 is 1.83 bits per heavy atom. The third-order valence-electron chi connectivity index (χ3n) is 5.27. The van der Waals surface area contributed by atoms with Gasteiger partial charge in [-0.25, -0.2) is 0 Å². The van der Waals surface area contributed by atoms with Gasteiger partial charge in [0.15, 0.2) is 0 Å². The van der Waals surface area contributed by atoms with Gasteiger partial charge in [-0.15, -0.1) is 0 Å². The van der Waals surface area contributed by atoms with E-state index in [-0.39, 0.29) is 0 Å². The molecule has 0 unspecified atom stereocenters. The van der Waals surface area contributed by atoms with Gasteiger partial charge in [0.25, 0.3) is 0 Å². The number of aryl methyl sites for hydroxylation is 3. The fourth-order valence-corrected chi connectivity index (χ4v) is 3.47. The maximum absolute atomic E-state index is 5.75. The SMILES string of the molecule is CCCCCOc1ccc(-c2ccc(CCc3ccc(CCC)cc3)cc2)nc1. The van der Waals surface area contributed by atoms with Crippen LogP contribution in [0.2, 0.25) is 0 Å². The summed E-state index contributed by atoms with van der Waals surface area (Å²) < 4.78 is 5.75. The van der Waals surface area contributed by atoms with Gasteiger partial charge in [0, 0.05) is 5.56 Å². The zero-order valence-electron chi connectivity index (χ0n) is 17.9. The second-order valence-electron chi connectivity index (χ2n) is 7.70. The maximum Gasteiger partial charge on any atom is 0.137 e. The largest absolute Gasteiger partial charge is 0.492 e. The molecule has 0 N–H and O–H groups in total. The molecule has 0 fully saturated rings. The molecule has 0 bridgehead atoms. The highest BCUT2D eigenvalue weighted by molar-refractivity contribution is 5.59. The van der Waals surface area contributed by atoms with Crippen LogP contribution in [0.3, 0.4) is 0 Å². The lowest BCUT2D eigenvalue weighted by Crippen LogP contribution is -1.97. The summed E-state index contributed by atoms with van der Waals surface area (Å²) in [5, 5.41) is 0. The van der Waals surface area contributed by atoms with Crippen molar-refractivity contribution >= 4 is 0 Å². The number of benzene rings is 2. The van der Waals surface area contributed by atoms with E-state index in [1.807, 2.05) is 18.3 Å². The molecule has 2 heteroatoms. The number of aromatic nitrogens is 1. The Hall–Kier alpha value is -2.61. The van der Waals surface area contributed by atoms with Crippen molar-refractivity contribution in [3.05, 3.63) is 83.6 Å². The molecule has 0 saturated heterocycles. The van der Waals surface area contributed by atoms with Gasteiger partial charge < -0.3 is 4.74 Å². The van der Waals surface area contributed by atoms with Crippen LogP contribution in [0.25, 0.3) is 11.3 Å². The zero-order valence-corrected chi connectivity index (χ0v) is 17.9. The molecule has 29 heavy (non-hydrogen) atoms. The maximum atomic E-state index is 5.75. The van der Waals surface area contributed by atoms with Crippen LogP contribution in [-0.2, 0) is 19.3 Å². The smallest absolute Gasteiger partial charge is 0.137 e. The van der Waals surface area contributed by atoms with Crippen molar-refractivity contribution in [3.8, 4) is 17.0 Å². The molecule has 3 rings (SSSR count). The Morgan fingerprint density at radius 1 is 0.655 bits per heavy atom. The van der Waals surface area contributed by atoms with Crippen LogP contribution in [0.4, 0.5) is 0 Å². The monoisotopic (exact) mass is 387 g/mol. The van der Waals surface area contributed by atoms with E-state index < -0.39 is 0 Å². The second-order valence-corrected chi connectivity index (χ2v) is 7.70. The molecule has 2 nitrogen and oxygen atoms in total. The van der Waals surface area contributed by atoms with Gasteiger partial charge in [-0.3, -0.25) is 4.98 Å². The van der Waals surface area contributed by atoms with Crippen molar-refractivity contribution in [1.29, 1.82) is 0 Å². The van der Waals surface area contributed by atoms with Crippen molar-refractivity contribution in [2.75, 3.05) is 6.61 Å². The second kappa shape index (κ2) is 11.4. The first-order chi connectivity index (χ1) is 14.3. The Balaban J connectivity index is 1.51. The molecule has 2 aromatic carbocycles. The Morgan fingerprint density at radius 2 is 1.28 bits per heavy atom. The van der Waals surface area contributed by atoms with Crippen molar-refractivity contribution in [1.82, 2.24) is 4.98 Å². The quantitative estimate of drug-likeness (QED) is 0.329. The Kier molecular flexibility index (Phi) is 8.30. The fraction of sp³-hybridized carbons (Fsp3) is 0.370. The van der Waals surface area contributed by atoms with Crippen molar-refractivity contribution in [3.63, 3.8) is 0 Å². The topological polar surface area (TPSA) is 22.1 Å². The van der Waals surface area contributed by atoms with Crippen molar-refractivity contribution in [2.45, 2.75) is 58.8 Å². The van der Waals surface area contributed by atoms with Crippen LogP contribution in [0, 0.1) is 0 Å². The lowest BCUT2D eigenvalue weighted by atomic mass is 10.0. The van der Waals surface area contributed by atoms with Crippen LogP contribution < -0.4 is 4.74 Å². The minimum absolute atomic E-state index is 0.769. The Bertz CT molecular complexity index is 835. The van der Waals surface area contributed by atoms with Gasteiger partial charge >= 0.3 is 0 Å². The molecule has 0 aliphatic rings. The first kappa shape index (κ1) is 21.1. The average Bonchev–Trinajstić information content (AvgIpc) is 2.77. The standard InChI is InChI=1S/C27H33NO/c1-3-5-6-20-29-26-18-19-27(28-21-26)25-16-14-24(15-17-25)13-12-23-10-8-22(7-4-2)9-11-23/h8-11,14-19,21H,3-7,12-13,20H2,1-2H3. The first-order valence-electron chi connectivity index (χ1n) is 11.0. The summed E-state index contributed by atoms with van der Waals surface area (Å²) in [4.78, 5) is 4.57. The highest BCUT2D eigenvalue weighted by Crippen LogP contribution is 2.21. The molecule has 1 aromatic heterocycles.